The number of carbonyl (C=O) groups is 2. The Morgan fingerprint density at radius 3 is 2.36 bits per heavy atom. The van der Waals surface area contributed by atoms with Crippen LogP contribution in [0.3, 0.4) is 0 Å². The Labute approximate surface area is 266 Å². The van der Waals surface area contributed by atoms with Gasteiger partial charge in [0.15, 0.2) is 11.5 Å². The molecule has 2 aliphatic rings. The molecule has 4 N–H and O–H groups in total. The van der Waals surface area contributed by atoms with Crippen molar-refractivity contribution in [3.05, 3.63) is 72.1 Å². The largest absolute Gasteiger partial charge is 0.388 e. The Bertz CT molecular complexity index is 1440. The van der Waals surface area contributed by atoms with E-state index in [1.54, 1.807) is 0 Å². The number of hydrogen-bond acceptors (Lipinski definition) is 10. The Morgan fingerprint density at radius 2 is 1.77 bits per heavy atom. The molecule has 10 nitrogen and oxygen atoms in total. The summed E-state index contributed by atoms with van der Waals surface area (Å²) >= 11 is 4.49. The zero-order chi connectivity index (χ0) is 31.6. The lowest BCUT2D eigenvalue weighted by Gasteiger charge is -2.42. The van der Waals surface area contributed by atoms with E-state index in [1.807, 2.05) is 44.3 Å². The fourth-order valence-corrected chi connectivity index (χ4v) is 5.98. The van der Waals surface area contributed by atoms with Gasteiger partial charge in [0.05, 0.1) is 11.4 Å². The predicted octanol–water partition coefficient (Wildman–Crippen LogP) is 4.70. The molecule has 1 amide bonds. The average molecular weight is 617 g/mol. The van der Waals surface area contributed by atoms with Gasteiger partial charge in [0.2, 0.25) is 0 Å². The number of hydrogen-bond donors (Lipinski definition) is 4. The lowest BCUT2D eigenvalue weighted by atomic mass is 10.0. The van der Waals surface area contributed by atoms with E-state index in [1.165, 1.54) is 30.2 Å². The maximum Gasteiger partial charge on any atom is 0.271 e. The third kappa shape index (κ3) is 8.16. The van der Waals surface area contributed by atoms with Crippen LogP contribution in [0, 0.1) is 6.92 Å². The number of piperazine rings is 1. The van der Waals surface area contributed by atoms with Crippen molar-refractivity contribution >= 4 is 47.9 Å². The van der Waals surface area contributed by atoms with E-state index >= 15 is 0 Å². The summed E-state index contributed by atoms with van der Waals surface area (Å²) in [5.74, 6) is -0.240. The molecule has 11 heteroatoms. The molecule has 2 aromatic carbocycles. The van der Waals surface area contributed by atoms with Crippen molar-refractivity contribution in [1.29, 1.82) is 0 Å². The van der Waals surface area contributed by atoms with Crippen LogP contribution in [0.2, 0.25) is 0 Å². The topological polar surface area (TPSA) is 120 Å². The Balaban J connectivity index is 0.00000104. The standard InChI is InChI=1S/C30H40N8OS.C3H4O/c1-4-25-27(21-6-5-7-22(19-21)32-3)35-30(28(34-25)29(31)39)33-23-8-9-26(20(2)18-23)37-12-10-24(11-13-37)36-14-16-38(40)17-15-36;1-2-3-4/h5-9,18-19,24,32,40H,4,10-17H2,1-3H3,(H2,31,39)(H,33,35);2-3H,1H2. The van der Waals surface area contributed by atoms with Crippen LogP contribution in [-0.4, -0.2) is 83.7 Å². The van der Waals surface area contributed by atoms with Gasteiger partial charge in [-0.1, -0.05) is 38.5 Å². The van der Waals surface area contributed by atoms with E-state index in [4.69, 9.17) is 15.5 Å². The number of rotatable bonds is 9. The molecule has 3 heterocycles. The number of aryl methyl sites for hydroxylation is 2. The maximum absolute atomic E-state index is 12.4. The second kappa shape index (κ2) is 15.7. The van der Waals surface area contributed by atoms with Gasteiger partial charge in [0.25, 0.3) is 5.91 Å². The third-order valence-electron chi connectivity index (χ3n) is 8.13. The lowest BCUT2D eigenvalue weighted by molar-refractivity contribution is -0.104. The molecule has 0 radical (unpaired) electrons. The van der Waals surface area contributed by atoms with Crippen molar-refractivity contribution in [2.24, 2.45) is 5.73 Å². The summed E-state index contributed by atoms with van der Waals surface area (Å²) in [5.41, 5.74) is 12.5. The van der Waals surface area contributed by atoms with Gasteiger partial charge >= 0.3 is 0 Å². The van der Waals surface area contributed by atoms with Crippen LogP contribution in [-0.2, 0) is 11.2 Å². The SMILES string of the molecule is C=CC=O.CCc1nc(C(N)=O)c(Nc2ccc(N3CCC(N4CCN(S)CC4)CC3)c(C)c2)nc1-c1cccc(NC)c1. The first-order valence-electron chi connectivity index (χ1n) is 15.1. The molecular weight excluding hydrogens is 572 g/mol. The number of piperidine rings is 1. The van der Waals surface area contributed by atoms with Crippen LogP contribution in [0.4, 0.5) is 22.9 Å². The highest BCUT2D eigenvalue weighted by Crippen LogP contribution is 2.31. The first kappa shape index (κ1) is 33.0. The number of primary amides is 1. The minimum absolute atomic E-state index is 0.146. The van der Waals surface area contributed by atoms with Crippen LogP contribution in [0.25, 0.3) is 11.3 Å². The third-order valence-corrected chi connectivity index (χ3v) is 8.53. The number of allylic oxidation sites excluding steroid dienone is 1. The number of nitrogens with zero attached hydrogens (tertiary/aromatic N) is 5. The van der Waals surface area contributed by atoms with Crippen molar-refractivity contribution in [1.82, 2.24) is 19.2 Å². The van der Waals surface area contributed by atoms with Crippen molar-refractivity contribution in [2.45, 2.75) is 39.2 Å². The summed E-state index contributed by atoms with van der Waals surface area (Å²) < 4.78 is 2.11. The van der Waals surface area contributed by atoms with E-state index in [2.05, 4.69) is 68.2 Å². The van der Waals surface area contributed by atoms with Crippen LogP contribution >= 0.6 is 12.8 Å². The second-order valence-electron chi connectivity index (χ2n) is 11.0. The first-order valence-corrected chi connectivity index (χ1v) is 15.5. The second-order valence-corrected chi connectivity index (χ2v) is 11.5. The van der Waals surface area contributed by atoms with Gasteiger partial charge in [-0.05, 0) is 68.2 Å². The molecule has 234 valence electrons. The number of carbonyl (C=O) groups excluding carboxylic acids is 2. The highest BCUT2D eigenvalue weighted by atomic mass is 32.1. The van der Waals surface area contributed by atoms with Crippen LogP contribution in [0.1, 0.15) is 41.5 Å². The average Bonchev–Trinajstić information content (AvgIpc) is 3.05. The summed E-state index contributed by atoms with van der Waals surface area (Å²) in [5, 5.41) is 6.51. The number of aldehydes is 1. The molecule has 0 bridgehead atoms. The Kier molecular flexibility index (Phi) is 11.8. The van der Waals surface area contributed by atoms with Gasteiger partial charge < -0.3 is 21.3 Å². The lowest BCUT2D eigenvalue weighted by Crippen LogP contribution is -2.51. The van der Waals surface area contributed by atoms with Crippen LogP contribution < -0.4 is 21.3 Å². The summed E-state index contributed by atoms with van der Waals surface area (Å²) in [7, 11) is 1.88. The van der Waals surface area contributed by atoms with E-state index in [9.17, 15) is 4.79 Å². The highest BCUT2D eigenvalue weighted by molar-refractivity contribution is 7.77. The molecule has 1 aromatic heterocycles. The Morgan fingerprint density at radius 1 is 1.07 bits per heavy atom. The van der Waals surface area contributed by atoms with Gasteiger partial charge in [-0.2, -0.15) is 0 Å². The molecule has 5 rings (SSSR count). The first-order chi connectivity index (χ1) is 21.3. The fraction of sp³-hybridized carbons (Fsp3) is 0.394. The minimum atomic E-state index is -0.604. The smallest absolute Gasteiger partial charge is 0.271 e. The predicted molar refractivity (Wildman–Crippen MR) is 183 cm³/mol. The van der Waals surface area contributed by atoms with Gasteiger partial charge in [-0.3, -0.25) is 18.8 Å². The van der Waals surface area contributed by atoms with Gasteiger partial charge in [-0.15, -0.1) is 0 Å². The summed E-state index contributed by atoms with van der Waals surface area (Å²) in [6.45, 7) is 13.6. The quantitative estimate of drug-likeness (QED) is 0.154. The molecule has 2 aliphatic heterocycles. The van der Waals surface area contributed by atoms with E-state index < -0.39 is 5.91 Å². The van der Waals surface area contributed by atoms with Crippen LogP contribution in [0.15, 0.2) is 55.1 Å². The van der Waals surface area contributed by atoms with Crippen molar-refractivity contribution in [3.63, 3.8) is 0 Å². The number of nitrogens with two attached hydrogens (primary N) is 1. The normalized spacial score (nSPS) is 16.0. The molecule has 44 heavy (non-hydrogen) atoms. The van der Waals surface area contributed by atoms with Crippen molar-refractivity contribution in [2.75, 3.05) is 61.8 Å². The van der Waals surface area contributed by atoms with Gasteiger partial charge in [0, 0.05) is 75.0 Å². The van der Waals surface area contributed by atoms with E-state index in [0.29, 0.717) is 24.6 Å². The minimum Gasteiger partial charge on any atom is -0.388 e. The molecule has 3 aromatic rings. The molecule has 0 atom stereocenters. The summed E-state index contributed by atoms with van der Waals surface area (Å²) in [4.78, 5) is 36.1. The molecule has 0 unspecified atom stereocenters. The molecule has 2 fully saturated rings. The molecule has 2 saturated heterocycles. The monoisotopic (exact) mass is 616 g/mol. The zero-order valence-electron chi connectivity index (χ0n) is 25.9. The number of nitrogens with one attached hydrogen (secondary N) is 2. The summed E-state index contributed by atoms with van der Waals surface area (Å²) in [6.07, 6.45) is 4.80. The van der Waals surface area contributed by atoms with E-state index in [0.717, 1.165) is 67.6 Å². The maximum atomic E-state index is 12.4. The summed E-state index contributed by atoms with van der Waals surface area (Å²) in [6, 6.07) is 15.0. The molecule has 0 saturated carbocycles. The van der Waals surface area contributed by atoms with E-state index in [-0.39, 0.29) is 5.69 Å². The molecule has 0 aliphatic carbocycles. The molecule has 0 spiro atoms. The fourth-order valence-electron chi connectivity index (χ4n) is 5.80. The van der Waals surface area contributed by atoms with Gasteiger partial charge in [0.1, 0.15) is 6.29 Å². The number of amides is 1. The number of anilines is 4. The number of aromatic nitrogens is 2. The zero-order valence-corrected chi connectivity index (χ0v) is 26.8. The van der Waals surface area contributed by atoms with Gasteiger partial charge in [-0.25, -0.2) is 9.97 Å². The number of benzene rings is 2. The van der Waals surface area contributed by atoms with Crippen molar-refractivity contribution in [3.8, 4) is 11.3 Å². The van der Waals surface area contributed by atoms with Crippen molar-refractivity contribution < 1.29 is 9.59 Å². The molecular formula is C33H44N8O2S. The van der Waals surface area contributed by atoms with Crippen LogP contribution in [0.5, 0.6) is 0 Å². The Hall–Kier alpha value is -3.93. The highest BCUT2D eigenvalue weighted by Gasteiger charge is 2.27. The number of thiol groups is 1.